The van der Waals surface area contributed by atoms with Gasteiger partial charge in [-0.25, -0.2) is 0 Å². The molecule has 182 valence electrons. The fourth-order valence-corrected chi connectivity index (χ4v) is 4.40. The molecule has 4 rings (SSSR count). The van der Waals surface area contributed by atoms with Gasteiger partial charge in [0.15, 0.2) is 0 Å². The van der Waals surface area contributed by atoms with Gasteiger partial charge >= 0.3 is 6.18 Å². The van der Waals surface area contributed by atoms with Crippen molar-refractivity contribution in [3.63, 3.8) is 0 Å². The van der Waals surface area contributed by atoms with Gasteiger partial charge in [0.05, 0.1) is 11.6 Å². The SMILES string of the molecule is NC(Cc1ccc(Cl)cc1Cl)C(=O)N1Cc2ccc(NC(=O)c3cccc(C(F)(F)F)c3)cc2C1. The lowest BCUT2D eigenvalue weighted by atomic mass is 10.1. The monoisotopic (exact) mass is 521 g/mol. The maximum Gasteiger partial charge on any atom is 0.416 e. The predicted molar refractivity (Wildman–Crippen MR) is 128 cm³/mol. The van der Waals surface area contributed by atoms with Crippen molar-refractivity contribution in [2.24, 2.45) is 5.73 Å². The summed E-state index contributed by atoms with van der Waals surface area (Å²) in [5.41, 5.74) is 7.99. The number of hydrogen-bond donors (Lipinski definition) is 2. The highest BCUT2D eigenvalue weighted by molar-refractivity contribution is 6.35. The third-order valence-corrected chi connectivity index (χ3v) is 6.31. The minimum Gasteiger partial charge on any atom is -0.333 e. The maximum atomic E-state index is 12.9. The first kappa shape index (κ1) is 25.0. The van der Waals surface area contributed by atoms with Crippen molar-refractivity contribution >= 4 is 40.7 Å². The topological polar surface area (TPSA) is 75.4 Å². The molecule has 0 bridgehead atoms. The molecule has 0 radical (unpaired) electrons. The molecule has 0 fully saturated rings. The number of amides is 2. The highest BCUT2D eigenvalue weighted by atomic mass is 35.5. The zero-order chi connectivity index (χ0) is 25.3. The Kier molecular flexibility index (Phi) is 7.07. The van der Waals surface area contributed by atoms with Crippen molar-refractivity contribution in [3.8, 4) is 0 Å². The van der Waals surface area contributed by atoms with Gasteiger partial charge in [-0.05, 0) is 65.6 Å². The van der Waals surface area contributed by atoms with Crippen LogP contribution in [0.25, 0.3) is 0 Å². The van der Waals surface area contributed by atoms with Crippen LogP contribution in [0.5, 0.6) is 0 Å². The predicted octanol–water partition coefficient (Wildman–Crippen LogP) is 5.68. The molecule has 0 spiro atoms. The molecule has 1 unspecified atom stereocenters. The first-order valence-electron chi connectivity index (χ1n) is 10.6. The number of carbonyl (C=O) groups excluding carboxylic acids is 2. The van der Waals surface area contributed by atoms with Crippen LogP contribution in [0.15, 0.2) is 60.7 Å². The summed E-state index contributed by atoms with van der Waals surface area (Å²) in [5.74, 6) is -0.911. The lowest BCUT2D eigenvalue weighted by Crippen LogP contribution is -2.42. The van der Waals surface area contributed by atoms with E-state index >= 15 is 0 Å². The van der Waals surface area contributed by atoms with Gasteiger partial charge in [0.25, 0.3) is 5.91 Å². The fourth-order valence-electron chi connectivity index (χ4n) is 3.91. The second-order valence-corrected chi connectivity index (χ2v) is 9.10. The Bertz CT molecular complexity index is 1300. The molecule has 0 aromatic heterocycles. The van der Waals surface area contributed by atoms with Crippen LogP contribution >= 0.6 is 23.2 Å². The first-order valence-corrected chi connectivity index (χ1v) is 11.4. The molecule has 0 saturated carbocycles. The van der Waals surface area contributed by atoms with Crippen LogP contribution in [0.2, 0.25) is 10.0 Å². The minimum atomic E-state index is -4.54. The molecular formula is C25H20Cl2F3N3O2. The highest BCUT2D eigenvalue weighted by Gasteiger charge is 2.31. The Morgan fingerprint density at radius 3 is 2.46 bits per heavy atom. The average molecular weight is 522 g/mol. The van der Waals surface area contributed by atoms with Gasteiger partial charge in [-0.1, -0.05) is 41.4 Å². The third-order valence-electron chi connectivity index (χ3n) is 5.72. The second kappa shape index (κ2) is 9.89. The largest absolute Gasteiger partial charge is 0.416 e. The number of halogens is 5. The van der Waals surface area contributed by atoms with Gasteiger partial charge in [-0.15, -0.1) is 0 Å². The van der Waals surface area contributed by atoms with E-state index in [-0.39, 0.29) is 17.9 Å². The molecule has 3 aromatic carbocycles. The zero-order valence-corrected chi connectivity index (χ0v) is 19.7. The summed E-state index contributed by atoms with van der Waals surface area (Å²) in [6.07, 6.45) is -4.29. The normalized spacial score (nSPS) is 13.9. The van der Waals surface area contributed by atoms with Crippen LogP contribution in [0.4, 0.5) is 18.9 Å². The standard InChI is InChI=1S/C25H20Cl2F3N3O2/c26-19-6-4-14(21(27)11-19)10-22(31)24(35)33-12-16-5-7-20(9-17(16)13-33)32-23(34)15-2-1-3-18(8-15)25(28,29)30/h1-9,11,22H,10,12-13,31H2,(H,32,34). The Morgan fingerprint density at radius 1 is 1.00 bits per heavy atom. The molecule has 2 amide bonds. The molecule has 0 aliphatic carbocycles. The van der Waals surface area contributed by atoms with E-state index in [1.54, 1.807) is 41.3 Å². The number of fused-ring (bicyclic) bond motifs is 1. The summed E-state index contributed by atoms with van der Waals surface area (Å²) in [4.78, 5) is 27.0. The highest BCUT2D eigenvalue weighted by Crippen LogP contribution is 2.30. The van der Waals surface area contributed by atoms with Crippen molar-refractivity contribution in [1.82, 2.24) is 4.90 Å². The molecule has 35 heavy (non-hydrogen) atoms. The number of benzene rings is 3. The van der Waals surface area contributed by atoms with Crippen LogP contribution in [-0.2, 0) is 30.5 Å². The second-order valence-electron chi connectivity index (χ2n) is 8.26. The molecule has 1 heterocycles. The molecular weight excluding hydrogens is 502 g/mol. The molecule has 10 heteroatoms. The quantitative estimate of drug-likeness (QED) is 0.453. The van der Waals surface area contributed by atoms with Gasteiger partial charge in [-0.2, -0.15) is 13.2 Å². The van der Waals surface area contributed by atoms with Crippen LogP contribution in [-0.4, -0.2) is 22.8 Å². The van der Waals surface area contributed by atoms with Crippen molar-refractivity contribution in [3.05, 3.63) is 98.5 Å². The fraction of sp³-hybridized carbons (Fsp3) is 0.200. The van der Waals surface area contributed by atoms with E-state index in [1.165, 1.54) is 12.1 Å². The van der Waals surface area contributed by atoms with E-state index in [4.69, 9.17) is 28.9 Å². The number of nitrogens with two attached hydrogens (primary N) is 1. The van der Waals surface area contributed by atoms with E-state index < -0.39 is 23.7 Å². The summed E-state index contributed by atoms with van der Waals surface area (Å²) in [6, 6.07) is 13.5. The van der Waals surface area contributed by atoms with Crippen LogP contribution < -0.4 is 11.1 Å². The summed E-state index contributed by atoms with van der Waals surface area (Å²) >= 11 is 12.1. The van der Waals surface area contributed by atoms with Crippen molar-refractivity contribution in [2.45, 2.75) is 31.7 Å². The summed E-state index contributed by atoms with van der Waals surface area (Å²) < 4.78 is 38.8. The Hall–Kier alpha value is -3.07. The van der Waals surface area contributed by atoms with Crippen molar-refractivity contribution < 1.29 is 22.8 Å². The Balaban J connectivity index is 1.41. The molecule has 3 N–H and O–H groups in total. The summed E-state index contributed by atoms with van der Waals surface area (Å²) in [5, 5.41) is 3.54. The molecule has 0 saturated heterocycles. The van der Waals surface area contributed by atoms with Gasteiger partial charge in [0, 0.05) is 34.4 Å². The first-order chi connectivity index (χ1) is 16.5. The molecule has 1 aliphatic heterocycles. The van der Waals surface area contributed by atoms with Crippen molar-refractivity contribution in [2.75, 3.05) is 5.32 Å². The number of rotatable bonds is 5. The number of nitrogens with one attached hydrogen (secondary N) is 1. The molecule has 1 atom stereocenters. The Labute approximate surface area is 209 Å². The van der Waals surface area contributed by atoms with Crippen LogP contribution in [0.3, 0.4) is 0 Å². The van der Waals surface area contributed by atoms with Crippen molar-refractivity contribution in [1.29, 1.82) is 0 Å². The van der Waals surface area contributed by atoms with Gasteiger partial charge in [-0.3, -0.25) is 9.59 Å². The summed E-state index contributed by atoms with van der Waals surface area (Å²) in [7, 11) is 0. The lowest BCUT2D eigenvalue weighted by molar-refractivity contribution is -0.137. The molecule has 5 nitrogen and oxygen atoms in total. The van der Waals surface area contributed by atoms with Gasteiger partial charge < -0.3 is 16.0 Å². The number of carbonyl (C=O) groups is 2. The minimum absolute atomic E-state index is 0.107. The van der Waals surface area contributed by atoms with E-state index in [0.717, 1.165) is 23.3 Å². The smallest absolute Gasteiger partial charge is 0.333 e. The van der Waals surface area contributed by atoms with E-state index in [1.807, 2.05) is 0 Å². The average Bonchev–Trinajstić information content (AvgIpc) is 3.23. The summed E-state index contributed by atoms with van der Waals surface area (Å²) in [6.45, 7) is 0.654. The number of anilines is 1. The number of nitrogens with zero attached hydrogens (tertiary/aromatic N) is 1. The maximum absolute atomic E-state index is 12.9. The Morgan fingerprint density at radius 2 is 1.74 bits per heavy atom. The van der Waals surface area contributed by atoms with Crippen LogP contribution in [0, 0.1) is 0 Å². The lowest BCUT2D eigenvalue weighted by Gasteiger charge is -2.20. The number of hydrogen-bond acceptors (Lipinski definition) is 3. The number of alkyl halides is 3. The molecule has 3 aromatic rings. The van der Waals surface area contributed by atoms with E-state index in [2.05, 4.69) is 5.32 Å². The van der Waals surface area contributed by atoms with E-state index in [9.17, 15) is 22.8 Å². The van der Waals surface area contributed by atoms with E-state index in [0.29, 0.717) is 34.4 Å². The van der Waals surface area contributed by atoms with Gasteiger partial charge in [0.1, 0.15) is 0 Å². The molecule has 1 aliphatic rings. The third kappa shape index (κ3) is 5.78. The zero-order valence-electron chi connectivity index (χ0n) is 18.2. The van der Waals surface area contributed by atoms with Crippen LogP contribution in [0.1, 0.15) is 32.6 Å². The van der Waals surface area contributed by atoms with Gasteiger partial charge in [0.2, 0.25) is 5.91 Å².